The summed E-state index contributed by atoms with van der Waals surface area (Å²) < 4.78 is 38.2. The predicted molar refractivity (Wildman–Crippen MR) is 88.0 cm³/mol. The number of halogens is 2. The highest BCUT2D eigenvalue weighted by molar-refractivity contribution is 5.79. The summed E-state index contributed by atoms with van der Waals surface area (Å²) in [5.74, 6) is -0.761. The summed E-state index contributed by atoms with van der Waals surface area (Å²) >= 11 is 0. The van der Waals surface area contributed by atoms with Gasteiger partial charge in [0, 0.05) is 57.2 Å². The molecule has 3 rings (SSSR count). The molecule has 1 spiro atoms. The normalized spacial score (nSPS) is 24.9. The second-order valence-corrected chi connectivity index (χ2v) is 6.98. The maximum Gasteiger partial charge on any atom is 0.223 e. The maximum absolute atomic E-state index is 14.0. The van der Waals surface area contributed by atoms with Gasteiger partial charge in [-0.2, -0.15) is 0 Å². The molecule has 0 aliphatic carbocycles. The summed E-state index contributed by atoms with van der Waals surface area (Å²) in [6.45, 7) is 4.26. The molecule has 1 aromatic rings. The molecule has 0 unspecified atom stereocenters. The Kier molecular flexibility index (Phi) is 5.66. The van der Waals surface area contributed by atoms with Crippen LogP contribution in [0, 0.1) is 17.0 Å². The average molecular weight is 354 g/mol. The van der Waals surface area contributed by atoms with Crippen LogP contribution in [0.1, 0.15) is 12.0 Å². The highest BCUT2D eigenvalue weighted by atomic mass is 19.1. The minimum absolute atomic E-state index is 0.0967. The highest BCUT2D eigenvalue weighted by Gasteiger charge is 2.45. The Morgan fingerprint density at radius 2 is 2.16 bits per heavy atom. The zero-order chi connectivity index (χ0) is 17.9. The molecule has 1 aromatic carbocycles. The largest absolute Gasteiger partial charge is 0.383 e. The molecule has 2 heterocycles. The second-order valence-electron chi connectivity index (χ2n) is 6.98. The van der Waals surface area contributed by atoms with E-state index >= 15 is 0 Å². The van der Waals surface area contributed by atoms with E-state index in [1.807, 2.05) is 0 Å². The van der Waals surface area contributed by atoms with Crippen molar-refractivity contribution >= 4 is 5.91 Å². The van der Waals surface area contributed by atoms with Crippen LogP contribution in [0.15, 0.2) is 18.2 Å². The molecule has 5 nitrogen and oxygen atoms in total. The van der Waals surface area contributed by atoms with Gasteiger partial charge in [-0.1, -0.05) is 0 Å². The topological polar surface area (TPSA) is 42.0 Å². The summed E-state index contributed by atoms with van der Waals surface area (Å²) in [7, 11) is 1.61. The lowest BCUT2D eigenvalue weighted by Gasteiger charge is -2.31. The summed E-state index contributed by atoms with van der Waals surface area (Å²) in [5, 5.41) is 0. The van der Waals surface area contributed by atoms with Crippen LogP contribution in [0.2, 0.25) is 0 Å². The molecule has 0 N–H and O–H groups in total. The van der Waals surface area contributed by atoms with Gasteiger partial charge in [0.15, 0.2) is 0 Å². The number of rotatable bonds is 5. The summed E-state index contributed by atoms with van der Waals surface area (Å²) in [6, 6.07) is 3.51. The van der Waals surface area contributed by atoms with Gasteiger partial charge in [0.1, 0.15) is 11.6 Å². The third-order valence-corrected chi connectivity index (χ3v) is 4.89. The Labute approximate surface area is 146 Å². The van der Waals surface area contributed by atoms with E-state index in [1.54, 1.807) is 12.0 Å². The minimum Gasteiger partial charge on any atom is -0.383 e. The van der Waals surface area contributed by atoms with Crippen molar-refractivity contribution in [2.45, 2.75) is 13.0 Å². The molecule has 1 amide bonds. The zero-order valence-corrected chi connectivity index (χ0v) is 14.5. The van der Waals surface area contributed by atoms with Gasteiger partial charge >= 0.3 is 0 Å². The first-order chi connectivity index (χ1) is 12.0. The van der Waals surface area contributed by atoms with Crippen LogP contribution in [0.3, 0.4) is 0 Å². The number of ether oxygens (including phenoxy) is 2. The first kappa shape index (κ1) is 18.2. The smallest absolute Gasteiger partial charge is 0.223 e. The number of benzene rings is 1. The maximum atomic E-state index is 14.0. The molecule has 2 saturated heterocycles. The van der Waals surface area contributed by atoms with Crippen LogP contribution in [-0.2, 0) is 20.8 Å². The molecule has 7 heteroatoms. The van der Waals surface area contributed by atoms with E-state index in [2.05, 4.69) is 4.90 Å². The van der Waals surface area contributed by atoms with E-state index < -0.39 is 11.6 Å². The molecular formula is C18H24F2N2O3. The van der Waals surface area contributed by atoms with Crippen LogP contribution in [0.25, 0.3) is 0 Å². The first-order valence-corrected chi connectivity index (χ1v) is 8.52. The number of hydrogen-bond acceptors (Lipinski definition) is 4. The summed E-state index contributed by atoms with van der Waals surface area (Å²) in [6.07, 6.45) is 0.416. The Bertz CT molecular complexity index is 628. The molecule has 2 aliphatic rings. The van der Waals surface area contributed by atoms with Crippen molar-refractivity contribution in [1.29, 1.82) is 0 Å². The van der Waals surface area contributed by atoms with Crippen LogP contribution < -0.4 is 0 Å². The molecule has 1 atom stereocenters. The highest BCUT2D eigenvalue weighted by Crippen LogP contribution is 2.34. The molecule has 0 aromatic heterocycles. The van der Waals surface area contributed by atoms with Gasteiger partial charge in [0.2, 0.25) is 5.91 Å². The molecule has 2 fully saturated rings. The van der Waals surface area contributed by atoms with Crippen LogP contribution >= 0.6 is 0 Å². The van der Waals surface area contributed by atoms with E-state index in [9.17, 15) is 13.6 Å². The number of nitrogens with zero attached hydrogens (tertiary/aromatic N) is 2. The van der Waals surface area contributed by atoms with Crippen molar-refractivity contribution in [2.75, 3.05) is 53.1 Å². The molecule has 0 bridgehead atoms. The van der Waals surface area contributed by atoms with Crippen LogP contribution in [0.4, 0.5) is 8.78 Å². The summed E-state index contributed by atoms with van der Waals surface area (Å²) in [5.41, 5.74) is 0.0307. The van der Waals surface area contributed by atoms with Gasteiger partial charge in [-0.25, -0.2) is 8.78 Å². The fourth-order valence-corrected chi connectivity index (χ4v) is 3.71. The molecule has 0 saturated carbocycles. The third kappa shape index (κ3) is 4.34. The summed E-state index contributed by atoms with van der Waals surface area (Å²) in [4.78, 5) is 16.2. The van der Waals surface area contributed by atoms with E-state index in [0.717, 1.165) is 12.1 Å². The van der Waals surface area contributed by atoms with Gasteiger partial charge in [-0.3, -0.25) is 9.69 Å². The standard InChI is InChI=1S/C18H24F2N2O3/c1-24-6-5-22-12-18(9-17(22)23)11-21(4-7-25-13-18)10-14-8-15(19)2-3-16(14)20/h2-3,8H,4-7,9-13H2,1H3/t18-/m1/s1. The van der Waals surface area contributed by atoms with Crippen molar-refractivity contribution in [1.82, 2.24) is 9.80 Å². The number of hydrogen-bond donors (Lipinski definition) is 0. The third-order valence-electron chi connectivity index (χ3n) is 4.89. The fourth-order valence-electron chi connectivity index (χ4n) is 3.71. The van der Waals surface area contributed by atoms with Crippen LogP contribution in [-0.4, -0.2) is 68.8 Å². The van der Waals surface area contributed by atoms with Crippen LogP contribution in [0.5, 0.6) is 0 Å². The zero-order valence-electron chi connectivity index (χ0n) is 14.5. The minimum atomic E-state index is -0.445. The SMILES string of the molecule is COCCN1C[C@@]2(COCCN(Cc3cc(F)ccc3F)C2)CC1=O. The first-order valence-electron chi connectivity index (χ1n) is 8.52. The Morgan fingerprint density at radius 3 is 2.96 bits per heavy atom. The molecule has 2 aliphatic heterocycles. The lowest BCUT2D eigenvalue weighted by molar-refractivity contribution is -0.128. The van der Waals surface area contributed by atoms with Crippen molar-refractivity contribution in [3.05, 3.63) is 35.4 Å². The van der Waals surface area contributed by atoms with Gasteiger partial charge in [0.25, 0.3) is 0 Å². The molecule has 25 heavy (non-hydrogen) atoms. The van der Waals surface area contributed by atoms with Crippen molar-refractivity contribution < 1.29 is 23.0 Å². The van der Waals surface area contributed by atoms with Gasteiger partial charge in [-0.15, -0.1) is 0 Å². The number of amides is 1. The number of carbonyl (C=O) groups is 1. The van der Waals surface area contributed by atoms with E-state index in [4.69, 9.17) is 9.47 Å². The van der Waals surface area contributed by atoms with E-state index in [0.29, 0.717) is 64.5 Å². The lowest BCUT2D eigenvalue weighted by Crippen LogP contribution is -2.41. The Hall–Kier alpha value is -1.57. The van der Waals surface area contributed by atoms with Crippen molar-refractivity contribution in [2.24, 2.45) is 5.41 Å². The molecular weight excluding hydrogens is 330 g/mol. The fraction of sp³-hybridized carbons (Fsp3) is 0.611. The van der Waals surface area contributed by atoms with Gasteiger partial charge < -0.3 is 14.4 Å². The van der Waals surface area contributed by atoms with Crippen molar-refractivity contribution in [3.8, 4) is 0 Å². The predicted octanol–water partition coefficient (Wildman–Crippen LogP) is 1.66. The second kappa shape index (κ2) is 7.76. The molecule has 138 valence electrons. The monoisotopic (exact) mass is 354 g/mol. The number of carbonyl (C=O) groups excluding carboxylic acids is 1. The van der Waals surface area contributed by atoms with E-state index in [-0.39, 0.29) is 11.3 Å². The van der Waals surface area contributed by atoms with Crippen molar-refractivity contribution in [3.63, 3.8) is 0 Å². The Morgan fingerprint density at radius 1 is 1.32 bits per heavy atom. The molecule has 0 radical (unpaired) electrons. The number of likely N-dealkylation sites (tertiary alicyclic amines) is 1. The number of methoxy groups -OCH3 is 1. The quantitative estimate of drug-likeness (QED) is 0.807. The van der Waals surface area contributed by atoms with E-state index in [1.165, 1.54) is 6.07 Å². The van der Waals surface area contributed by atoms with Gasteiger partial charge in [-0.05, 0) is 18.2 Å². The lowest BCUT2D eigenvalue weighted by atomic mass is 9.87. The van der Waals surface area contributed by atoms with Gasteiger partial charge in [0.05, 0.1) is 19.8 Å². The average Bonchev–Trinajstić information content (AvgIpc) is 2.74. The Balaban J connectivity index is 1.71.